The lowest BCUT2D eigenvalue weighted by Crippen LogP contribution is -2.14. The number of aryl methyl sites for hydroxylation is 2. The highest BCUT2D eigenvalue weighted by Crippen LogP contribution is 2.30. The van der Waals surface area contributed by atoms with Gasteiger partial charge in [-0.25, -0.2) is 8.42 Å². The van der Waals surface area contributed by atoms with Crippen molar-refractivity contribution in [2.45, 2.75) is 18.7 Å². The number of rotatable bonds is 3. The first-order valence-electron chi connectivity index (χ1n) is 7.16. The molecule has 0 atom stereocenters. The van der Waals surface area contributed by atoms with Gasteiger partial charge < -0.3 is 0 Å². The van der Waals surface area contributed by atoms with Crippen molar-refractivity contribution < 1.29 is 8.42 Å². The molecular weight excluding hydrogens is 330 g/mol. The average molecular weight is 346 g/mol. The van der Waals surface area contributed by atoms with Crippen LogP contribution in [0.5, 0.6) is 0 Å². The molecule has 3 rings (SSSR count). The van der Waals surface area contributed by atoms with Gasteiger partial charge in [0.1, 0.15) is 0 Å². The molecule has 0 saturated heterocycles. The van der Waals surface area contributed by atoms with Crippen LogP contribution in [-0.2, 0) is 10.0 Å². The number of anilines is 1. The maximum Gasteiger partial charge on any atom is 0.262 e. The molecule has 0 amide bonds. The summed E-state index contributed by atoms with van der Waals surface area (Å²) in [7, 11) is -3.70. The highest BCUT2D eigenvalue weighted by Gasteiger charge is 2.19. The van der Waals surface area contributed by atoms with E-state index in [1.807, 2.05) is 38.1 Å². The van der Waals surface area contributed by atoms with Crippen LogP contribution in [0.2, 0.25) is 5.02 Å². The fourth-order valence-corrected chi connectivity index (χ4v) is 4.17. The molecular formula is C18H16ClNO2S. The molecule has 118 valence electrons. The summed E-state index contributed by atoms with van der Waals surface area (Å²) in [4.78, 5) is 0.220. The van der Waals surface area contributed by atoms with Gasteiger partial charge in [-0.1, -0.05) is 53.6 Å². The van der Waals surface area contributed by atoms with Gasteiger partial charge in [0.05, 0.1) is 10.6 Å². The minimum atomic E-state index is -3.70. The second kappa shape index (κ2) is 5.87. The van der Waals surface area contributed by atoms with E-state index in [9.17, 15) is 8.42 Å². The van der Waals surface area contributed by atoms with Crippen molar-refractivity contribution in [2.24, 2.45) is 0 Å². The third-order valence-corrected chi connectivity index (χ3v) is 5.50. The van der Waals surface area contributed by atoms with E-state index >= 15 is 0 Å². The van der Waals surface area contributed by atoms with E-state index in [-0.39, 0.29) is 4.90 Å². The van der Waals surface area contributed by atoms with E-state index in [1.54, 1.807) is 24.3 Å². The molecule has 0 bridgehead atoms. The van der Waals surface area contributed by atoms with Crippen molar-refractivity contribution in [3.63, 3.8) is 0 Å². The van der Waals surface area contributed by atoms with Gasteiger partial charge in [-0.05, 0) is 37.6 Å². The van der Waals surface area contributed by atoms with Crippen molar-refractivity contribution in [1.82, 2.24) is 0 Å². The number of fused-ring (bicyclic) bond motifs is 1. The van der Waals surface area contributed by atoms with Crippen LogP contribution in [0, 0.1) is 13.8 Å². The number of benzene rings is 3. The summed E-state index contributed by atoms with van der Waals surface area (Å²) in [6, 6.07) is 16.0. The molecule has 3 aromatic rings. The molecule has 23 heavy (non-hydrogen) atoms. The third-order valence-electron chi connectivity index (χ3n) is 3.75. The van der Waals surface area contributed by atoms with Crippen molar-refractivity contribution in [2.75, 3.05) is 4.72 Å². The minimum absolute atomic E-state index is 0.220. The summed E-state index contributed by atoms with van der Waals surface area (Å²) in [5.41, 5.74) is 2.55. The van der Waals surface area contributed by atoms with Crippen molar-refractivity contribution in [1.29, 1.82) is 0 Å². The van der Waals surface area contributed by atoms with E-state index in [1.165, 1.54) is 6.07 Å². The standard InChI is InChI=1S/C18H16ClNO2S/c1-12-7-9-17(13(2)11-12)20-23(21,22)18-10-8-16(19)14-5-3-4-6-15(14)18/h3-11,20H,1-2H3. The van der Waals surface area contributed by atoms with E-state index in [4.69, 9.17) is 11.6 Å². The average Bonchev–Trinajstić information content (AvgIpc) is 2.50. The summed E-state index contributed by atoms with van der Waals surface area (Å²) in [6.45, 7) is 3.85. The highest BCUT2D eigenvalue weighted by molar-refractivity contribution is 7.93. The fraction of sp³-hybridized carbons (Fsp3) is 0.111. The van der Waals surface area contributed by atoms with Gasteiger partial charge in [-0.3, -0.25) is 4.72 Å². The number of hydrogen-bond donors (Lipinski definition) is 1. The predicted octanol–water partition coefficient (Wildman–Crippen LogP) is 4.91. The first kappa shape index (κ1) is 15.8. The minimum Gasteiger partial charge on any atom is -0.279 e. The first-order chi connectivity index (χ1) is 10.9. The van der Waals surface area contributed by atoms with Crippen LogP contribution >= 0.6 is 11.6 Å². The zero-order valence-corrected chi connectivity index (χ0v) is 14.4. The lowest BCUT2D eigenvalue weighted by atomic mass is 10.1. The summed E-state index contributed by atoms with van der Waals surface area (Å²) in [6.07, 6.45) is 0. The van der Waals surface area contributed by atoms with E-state index in [2.05, 4.69) is 4.72 Å². The van der Waals surface area contributed by atoms with Crippen LogP contribution in [-0.4, -0.2) is 8.42 Å². The molecule has 0 spiro atoms. The lowest BCUT2D eigenvalue weighted by molar-refractivity contribution is 0.602. The molecule has 0 heterocycles. The Kier molecular flexibility index (Phi) is 4.04. The Bertz CT molecular complexity index is 997. The maximum absolute atomic E-state index is 12.8. The summed E-state index contributed by atoms with van der Waals surface area (Å²) in [5.74, 6) is 0. The van der Waals surface area contributed by atoms with Gasteiger partial charge in [-0.2, -0.15) is 0 Å². The third kappa shape index (κ3) is 3.05. The Balaban J connectivity index is 2.12. The fourth-order valence-electron chi connectivity index (χ4n) is 2.60. The topological polar surface area (TPSA) is 46.2 Å². The highest BCUT2D eigenvalue weighted by atomic mass is 35.5. The SMILES string of the molecule is Cc1ccc(NS(=O)(=O)c2ccc(Cl)c3ccccc23)c(C)c1. The monoisotopic (exact) mass is 345 g/mol. The molecule has 3 nitrogen and oxygen atoms in total. The summed E-state index contributed by atoms with van der Waals surface area (Å²) >= 11 is 6.17. The zero-order chi connectivity index (χ0) is 16.6. The molecule has 0 aliphatic rings. The van der Waals surface area contributed by atoms with E-state index in [0.717, 1.165) is 16.5 Å². The number of hydrogen-bond acceptors (Lipinski definition) is 2. The van der Waals surface area contributed by atoms with Crippen molar-refractivity contribution in [3.8, 4) is 0 Å². The normalized spacial score (nSPS) is 11.6. The Morgan fingerprint density at radius 3 is 2.30 bits per heavy atom. The Labute approximate surface area is 141 Å². The van der Waals surface area contributed by atoms with E-state index in [0.29, 0.717) is 16.1 Å². The summed E-state index contributed by atoms with van der Waals surface area (Å²) in [5, 5.41) is 1.86. The molecule has 0 saturated carbocycles. The number of sulfonamides is 1. The Hall–Kier alpha value is -2.04. The van der Waals surface area contributed by atoms with Gasteiger partial charge in [0.25, 0.3) is 10.0 Å². The van der Waals surface area contributed by atoms with E-state index < -0.39 is 10.0 Å². The number of nitrogens with one attached hydrogen (secondary N) is 1. The molecule has 0 radical (unpaired) electrons. The molecule has 3 aromatic carbocycles. The van der Waals surface area contributed by atoms with Crippen molar-refractivity contribution in [3.05, 3.63) is 70.7 Å². The van der Waals surface area contributed by atoms with Crippen LogP contribution in [0.3, 0.4) is 0 Å². The van der Waals surface area contributed by atoms with Gasteiger partial charge in [0.2, 0.25) is 0 Å². The molecule has 5 heteroatoms. The van der Waals surface area contributed by atoms with Gasteiger partial charge in [-0.15, -0.1) is 0 Å². The van der Waals surface area contributed by atoms with Crippen LogP contribution in [0.1, 0.15) is 11.1 Å². The van der Waals surface area contributed by atoms with Gasteiger partial charge >= 0.3 is 0 Å². The Morgan fingerprint density at radius 2 is 1.61 bits per heavy atom. The second-order valence-electron chi connectivity index (χ2n) is 5.51. The summed E-state index contributed by atoms with van der Waals surface area (Å²) < 4.78 is 28.3. The quantitative estimate of drug-likeness (QED) is 0.733. The molecule has 0 aromatic heterocycles. The lowest BCUT2D eigenvalue weighted by Gasteiger charge is -2.13. The predicted molar refractivity (Wildman–Crippen MR) is 95.7 cm³/mol. The smallest absolute Gasteiger partial charge is 0.262 e. The van der Waals surface area contributed by atoms with Crippen LogP contribution in [0.15, 0.2) is 59.5 Å². The van der Waals surface area contributed by atoms with Crippen LogP contribution in [0.4, 0.5) is 5.69 Å². The Morgan fingerprint density at radius 1 is 0.913 bits per heavy atom. The second-order valence-corrected chi connectivity index (χ2v) is 7.57. The largest absolute Gasteiger partial charge is 0.279 e. The first-order valence-corrected chi connectivity index (χ1v) is 9.02. The molecule has 0 aliphatic heterocycles. The maximum atomic E-state index is 12.8. The zero-order valence-electron chi connectivity index (χ0n) is 12.8. The molecule has 1 N–H and O–H groups in total. The molecule has 0 aliphatic carbocycles. The van der Waals surface area contributed by atoms with Gasteiger partial charge in [0, 0.05) is 15.8 Å². The van der Waals surface area contributed by atoms with Crippen LogP contribution < -0.4 is 4.72 Å². The number of halogens is 1. The van der Waals surface area contributed by atoms with Gasteiger partial charge in [0.15, 0.2) is 0 Å². The van der Waals surface area contributed by atoms with Crippen molar-refractivity contribution >= 4 is 38.1 Å². The molecule has 0 fully saturated rings. The van der Waals surface area contributed by atoms with Crippen LogP contribution in [0.25, 0.3) is 10.8 Å². The molecule has 0 unspecified atom stereocenters.